The average molecular weight is 419 g/mol. The van der Waals surface area contributed by atoms with Gasteiger partial charge in [0.2, 0.25) is 0 Å². The van der Waals surface area contributed by atoms with Crippen molar-refractivity contribution in [3.05, 3.63) is 0 Å². The van der Waals surface area contributed by atoms with Crippen LogP contribution in [0.1, 0.15) is 79.1 Å². The van der Waals surface area contributed by atoms with Gasteiger partial charge in [-0.15, -0.1) is 0 Å². The Bertz CT molecular complexity index is 746. The van der Waals surface area contributed by atoms with E-state index in [0.717, 1.165) is 50.2 Å². The minimum absolute atomic E-state index is 0.0397. The number of rotatable bonds is 2. The van der Waals surface area contributed by atoms with Gasteiger partial charge in [-0.1, -0.05) is 13.8 Å². The summed E-state index contributed by atoms with van der Waals surface area (Å²) in [6.07, 6.45) is 9.70. The third-order valence-corrected chi connectivity index (χ3v) is 10.9. The number of esters is 1. The summed E-state index contributed by atoms with van der Waals surface area (Å²) in [5.41, 5.74) is 0.489. The molecule has 2 heterocycles. The zero-order chi connectivity index (χ0) is 20.9. The summed E-state index contributed by atoms with van der Waals surface area (Å²) in [6, 6.07) is 0. The molecule has 2 saturated heterocycles. The Morgan fingerprint density at radius 2 is 1.73 bits per heavy atom. The lowest BCUT2D eigenvalue weighted by Crippen LogP contribution is -2.59. The highest BCUT2D eigenvalue weighted by Crippen LogP contribution is 2.74. The molecule has 30 heavy (non-hydrogen) atoms. The molecule has 2 aliphatic heterocycles. The van der Waals surface area contributed by atoms with Gasteiger partial charge in [-0.3, -0.25) is 4.79 Å². The van der Waals surface area contributed by atoms with Crippen LogP contribution < -0.4 is 0 Å². The molecule has 1 spiro atoms. The van der Waals surface area contributed by atoms with E-state index in [1.54, 1.807) is 0 Å². The summed E-state index contributed by atoms with van der Waals surface area (Å²) >= 11 is 0. The smallest absolute Gasteiger partial charge is 0.302 e. The highest BCUT2D eigenvalue weighted by Gasteiger charge is 2.76. The van der Waals surface area contributed by atoms with Crippen LogP contribution >= 0.6 is 0 Å². The van der Waals surface area contributed by atoms with Crippen molar-refractivity contribution < 1.29 is 23.7 Å². The van der Waals surface area contributed by atoms with Gasteiger partial charge in [0.25, 0.3) is 0 Å². The molecule has 6 rings (SSSR count). The standard InChI is InChI=1S/C25H38O5/c1-15(26)29-16-7-10-23(3)19-8-9-22(2)18(17(19)13-21-25(23,14-16)30-21)5-6-20(22)24(4)27-11-12-28-24/h16-21H,5-14H2,1-4H3/t16-,17-,18-,19-,20-,21-,22-,23+,25-/m0/s1. The first-order chi connectivity index (χ1) is 14.2. The molecule has 0 aromatic rings. The Morgan fingerprint density at radius 3 is 2.47 bits per heavy atom. The van der Waals surface area contributed by atoms with Gasteiger partial charge in [-0.2, -0.15) is 0 Å². The highest BCUT2D eigenvalue weighted by atomic mass is 16.7. The Hall–Kier alpha value is -0.650. The number of carbonyl (C=O) groups is 1. The first kappa shape index (κ1) is 20.0. The van der Waals surface area contributed by atoms with E-state index in [1.165, 1.54) is 39.0 Å². The van der Waals surface area contributed by atoms with Crippen LogP contribution in [0.15, 0.2) is 0 Å². The van der Waals surface area contributed by atoms with Gasteiger partial charge in [0.05, 0.1) is 19.3 Å². The van der Waals surface area contributed by atoms with Crippen molar-refractivity contribution in [1.29, 1.82) is 0 Å². The van der Waals surface area contributed by atoms with Crippen LogP contribution in [0.5, 0.6) is 0 Å². The van der Waals surface area contributed by atoms with Gasteiger partial charge in [0.1, 0.15) is 11.7 Å². The van der Waals surface area contributed by atoms with Crippen molar-refractivity contribution in [2.45, 2.75) is 103 Å². The van der Waals surface area contributed by atoms with E-state index in [-0.39, 0.29) is 23.1 Å². The lowest BCUT2D eigenvalue weighted by molar-refractivity contribution is -0.217. The molecule has 0 aromatic carbocycles. The van der Waals surface area contributed by atoms with Crippen molar-refractivity contribution in [2.24, 2.45) is 34.5 Å². The fraction of sp³-hybridized carbons (Fsp3) is 0.960. The third kappa shape index (κ3) is 2.43. The quantitative estimate of drug-likeness (QED) is 0.489. The largest absolute Gasteiger partial charge is 0.462 e. The Balaban J connectivity index is 1.27. The van der Waals surface area contributed by atoms with Crippen LogP contribution in [0.3, 0.4) is 0 Å². The maximum Gasteiger partial charge on any atom is 0.302 e. The van der Waals surface area contributed by atoms with Crippen LogP contribution in [-0.2, 0) is 23.7 Å². The maximum absolute atomic E-state index is 11.5. The molecule has 6 fully saturated rings. The predicted octanol–water partition coefficient (Wildman–Crippen LogP) is 4.47. The van der Waals surface area contributed by atoms with Gasteiger partial charge in [-0.05, 0) is 75.0 Å². The van der Waals surface area contributed by atoms with Crippen LogP contribution in [0.2, 0.25) is 0 Å². The number of epoxide rings is 1. The molecule has 0 amide bonds. The van der Waals surface area contributed by atoms with Gasteiger partial charge in [-0.25, -0.2) is 0 Å². The second-order valence-corrected chi connectivity index (χ2v) is 11.9. The van der Waals surface area contributed by atoms with Gasteiger partial charge in [0, 0.05) is 24.7 Å². The maximum atomic E-state index is 11.5. The molecule has 5 nitrogen and oxygen atoms in total. The number of carbonyl (C=O) groups excluding carboxylic acids is 1. The SMILES string of the molecule is CC(=O)O[C@H]1CC[C@]2(C)[C@H]3CC[C@]4(C)[C@@H](C5(C)OCCO5)CC[C@H]4[C@@H]3C[C@@H]3O[C@@]32C1. The third-order valence-electron chi connectivity index (χ3n) is 10.9. The molecule has 0 aromatic heterocycles. The normalized spacial score (nSPS) is 55.7. The fourth-order valence-electron chi connectivity index (χ4n) is 9.57. The Morgan fingerprint density at radius 1 is 0.967 bits per heavy atom. The number of ether oxygens (including phenoxy) is 4. The second-order valence-electron chi connectivity index (χ2n) is 11.9. The van der Waals surface area contributed by atoms with Crippen molar-refractivity contribution in [1.82, 2.24) is 0 Å². The zero-order valence-electron chi connectivity index (χ0n) is 19.1. The molecule has 6 aliphatic rings. The molecule has 4 saturated carbocycles. The van der Waals surface area contributed by atoms with Crippen molar-refractivity contribution in [3.63, 3.8) is 0 Å². The zero-order valence-corrected chi connectivity index (χ0v) is 19.1. The van der Waals surface area contributed by atoms with E-state index in [9.17, 15) is 4.79 Å². The first-order valence-electron chi connectivity index (χ1n) is 12.3. The second kappa shape index (κ2) is 6.23. The minimum Gasteiger partial charge on any atom is -0.462 e. The summed E-state index contributed by atoms with van der Waals surface area (Å²) in [7, 11) is 0. The Kier molecular flexibility index (Phi) is 4.15. The van der Waals surface area contributed by atoms with Crippen molar-refractivity contribution >= 4 is 5.97 Å². The van der Waals surface area contributed by atoms with Crippen molar-refractivity contribution in [3.8, 4) is 0 Å². The molecular weight excluding hydrogens is 380 g/mol. The van der Waals surface area contributed by atoms with Crippen LogP contribution in [0.4, 0.5) is 0 Å². The molecular formula is C25H38O5. The number of fused-ring (bicyclic) bond motifs is 4. The summed E-state index contributed by atoms with van der Waals surface area (Å²) < 4.78 is 24.5. The van der Waals surface area contributed by atoms with E-state index in [4.69, 9.17) is 18.9 Å². The molecule has 168 valence electrons. The molecule has 4 aliphatic carbocycles. The average Bonchev–Trinajstić information content (AvgIpc) is 3.02. The monoisotopic (exact) mass is 418 g/mol. The Labute approximate surface area is 180 Å². The van der Waals surface area contributed by atoms with Gasteiger partial charge < -0.3 is 18.9 Å². The fourth-order valence-corrected chi connectivity index (χ4v) is 9.57. The molecule has 5 heteroatoms. The van der Waals surface area contributed by atoms with E-state index in [2.05, 4.69) is 20.8 Å². The van der Waals surface area contributed by atoms with Crippen molar-refractivity contribution in [2.75, 3.05) is 13.2 Å². The summed E-state index contributed by atoms with van der Waals surface area (Å²) in [4.78, 5) is 11.5. The molecule has 0 N–H and O–H groups in total. The number of hydrogen-bond acceptors (Lipinski definition) is 5. The lowest BCUT2D eigenvalue weighted by Gasteiger charge is -2.60. The summed E-state index contributed by atoms with van der Waals surface area (Å²) in [6.45, 7) is 10.2. The summed E-state index contributed by atoms with van der Waals surface area (Å²) in [5.74, 6) is 2.17. The molecule has 0 radical (unpaired) electrons. The molecule has 9 atom stereocenters. The highest BCUT2D eigenvalue weighted by molar-refractivity contribution is 5.66. The van der Waals surface area contributed by atoms with E-state index in [0.29, 0.717) is 17.4 Å². The van der Waals surface area contributed by atoms with Crippen LogP contribution in [0, 0.1) is 34.5 Å². The van der Waals surface area contributed by atoms with E-state index < -0.39 is 5.79 Å². The molecule has 0 bridgehead atoms. The first-order valence-corrected chi connectivity index (χ1v) is 12.3. The van der Waals surface area contributed by atoms with Crippen LogP contribution in [-0.4, -0.2) is 42.8 Å². The summed E-state index contributed by atoms with van der Waals surface area (Å²) in [5, 5.41) is 0. The lowest BCUT2D eigenvalue weighted by atomic mass is 9.44. The topological polar surface area (TPSA) is 57.3 Å². The van der Waals surface area contributed by atoms with Gasteiger partial charge in [0.15, 0.2) is 5.79 Å². The van der Waals surface area contributed by atoms with E-state index >= 15 is 0 Å². The van der Waals surface area contributed by atoms with E-state index in [1.807, 2.05) is 0 Å². The van der Waals surface area contributed by atoms with Crippen LogP contribution in [0.25, 0.3) is 0 Å². The number of hydrogen-bond donors (Lipinski definition) is 0. The molecule has 0 unspecified atom stereocenters. The minimum atomic E-state index is -0.392. The predicted molar refractivity (Wildman–Crippen MR) is 111 cm³/mol. The van der Waals surface area contributed by atoms with Gasteiger partial charge >= 0.3 is 5.97 Å².